The van der Waals surface area contributed by atoms with Crippen molar-refractivity contribution in [2.75, 3.05) is 6.61 Å². The molecule has 1 aromatic rings. The van der Waals surface area contributed by atoms with Gasteiger partial charge in [-0.25, -0.2) is 17.9 Å². The second-order valence-corrected chi connectivity index (χ2v) is 7.43. The number of aryl methyl sites for hydroxylation is 1. The Morgan fingerprint density at radius 1 is 1.47 bits per heavy atom. The summed E-state index contributed by atoms with van der Waals surface area (Å²) in [5.41, 5.74) is 0. The zero-order valence-corrected chi connectivity index (χ0v) is 12.5. The van der Waals surface area contributed by atoms with Crippen molar-refractivity contribution in [1.29, 1.82) is 0 Å². The molecular formula is C11H17NO5S2. The molecule has 1 heterocycles. The van der Waals surface area contributed by atoms with Gasteiger partial charge in [0.25, 0.3) is 0 Å². The summed E-state index contributed by atoms with van der Waals surface area (Å²) in [7, 11) is -3.82. The number of nitrogens with one attached hydrogen (secondary N) is 1. The predicted octanol–water partition coefficient (Wildman–Crippen LogP) is 1.05. The van der Waals surface area contributed by atoms with E-state index in [4.69, 9.17) is 10.2 Å². The number of hydrogen-bond acceptors (Lipinski definition) is 5. The Hall–Kier alpha value is -0.960. The zero-order valence-electron chi connectivity index (χ0n) is 10.9. The third-order valence-corrected chi connectivity index (χ3v) is 5.46. The van der Waals surface area contributed by atoms with Crippen molar-refractivity contribution in [1.82, 2.24) is 4.72 Å². The first-order valence-electron chi connectivity index (χ1n) is 5.66. The number of carboxylic acids is 1. The van der Waals surface area contributed by atoms with Crippen LogP contribution in [0.25, 0.3) is 0 Å². The van der Waals surface area contributed by atoms with Gasteiger partial charge in [0.15, 0.2) is 0 Å². The maximum absolute atomic E-state index is 12.2. The number of aliphatic hydroxyl groups excluding tert-OH is 1. The fourth-order valence-electron chi connectivity index (χ4n) is 1.48. The van der Waals surface area contributed by atoms with Crippen molar-refractivity contribution in [3.63, 3.8) is 0 Å². The topological polar surface area (TPSA) is 104 Å². The van der Waals surface area contributed by atoms with Gasteiger partial charge in [-0.1, -0.05) is 13.8 Å². The van der Waals surface area contributed by atoms with Gasteiger partial charge in [-0.3, -0.25) is 0 Å². The van der Waals surface area contributed by atoms with E-state index in [0.717, 1.165) is 17.4 Å². The van der Waals surface area contributed by atoms with Crippen LogP contribution in [0.15, 0.2) is 11.0 Å². The van der Waals surface area contributed by atoms with Crippen molar-refractivity contribution in [2.45, 2.75) is 31.7 Å². The van der Waals surface area contributed by atoms with Crippen LogP contribution in [-0.2, 0) is 10.0 Å². The fourth-order valence-corrected chi connectivity index (χ4v) is 4.29. The van der Waals surface area contributed by atoms with E-state index in [1.807, 2.05) is 0 Å². The smallest absolute Gasteiger partial charge is 0.345 e. The second-order valence-electron chi connectivity index (χ2n) is 4.49. The summed E-state index contributed by atoms with van der Waals surface area (Å²) in [6.45, 7) is 4.81. The van der Waals surface area contributed by atoms with Crippen LogP contribution >= 0.6 is 11.3 Å². The van der Waals surface area contributed by atoms with Gasteiger partial charge in [-0.15, -0.1) is 11.3 Å². The van der Waals surface area contributed by atoms with E-state index < -0.39 is 22.0 Å². The van der Waals surface area contributed by atoms with Gasteiger partial charge in [0.05, 0.1) is 11.5 Å². The fraction of sp³-hybridized carbons (Fsp3) is 0.545. The molecule has 6 nitrogen and oxygen atoms in total. The maximum Gasteiger partial charge on any atom is 0.345 e. The molecule has 0 amide bonds. The van der Waals surface area contributed by atoms with Crippen LogP contribution in [0, 0.1) is 12.8 Å². The lowest BCUT2D eigenvalue weighted by molar-refractivity contribution is 0.0702. The summed E-state index contributed by atoms with van der Waals surface area (Å²) in [6, 6.07) is 0.539. The second kappa shape index (κ2) is 6.00. The van der Waals surface area contributed by atoms with Crippen molar-refractivity contribution in [2.24, 2.45) is 5.92 Å². The Bertz CT molecular complexity index is 562. The average Bonchev–Trinajstić information content (AvgIpc) is 2.68. The highest BCUT2D eigenvalue weighted by Gasteiger charge is 2.26. The van der Waals surface area contributed by atoms with E-state index in [-0.39, 0.29) is 22.3 Å². The highest BCUT2D eigenvalue weighted by atomic mass is 32.2. The summed E-state index contributed by atoms with van der Waals surface area (Å²) >= 11 is 0.911. The zero-order chi connectivity index (χ0) is 14.8. The Morgan fingerprint density at radius 3 is 2.42 bits per heavy atom. The van der Waals surface area contributed by atoms with E-state index in [2.05, 4.69) is 4.72 Å². The minimum atomic E-state index is -3.82. The van der Waals surface area contributed by atoms with Gasteiger partial charge in [0.2, 0.25) is 10.0 Å². The highest BCUT2D eigenvalue weighted by Crippen LogP contribution is 2.26. The van der Waals surface area contributed by atoms with Crippen LogP contribution in [0.1, 0.15) is 28.4 Å². The number of thiophene rings is 1. The maximum atomic E-state index is 12.2. The first-order valence-corrected chi connectivity index (χ1v) is 7.96. The van der Waals surface area contributed by atoms with E-state index in [1.54, 1.807) is 20.8 Å². The van der Waals surface area contributed by atoms with Crippen LogP contribution in [0.3, 0.4) is 0 Å². The molecule has 0 aliphatic heterocycles. The molecule has 3 N–H and O–H groups in total. The van der Waals surface area contributed by atoms with Gasteiger partial charge in [-0.05, 0) is 18.9 Å². The summed E-state index contributed by atoms with van der Waals surface area (Å²) in [5.74, 6) is -1.23. The molecule has 0 fully saturated rings. The minimum Gasteiger partial charge on any atom is -0.477 e. The molecule has 0 radical (unpaired) electrons. The van der Waals surface area contributed by atoms with Gasteiger partial charge in [0.1, 0.15) is 4.88 Å². The Balaban J connectivity index is 3.10. The van der Waals surface area contributed by atoms with E-state index in [0.29, 0.717) is 4.88 Å². The SMILES string of the molecule is Cc1sc(C(=O)O)cc1S(=O)(=O)N[C@H](CO)C(C)C. The number of carbonyl (C=O) groups is 1. The van der Waals surface area contributed by atoms with Crippen LogP contribution in [0.4, 0.5) is 0 Å². The monoisotopic (exact) mass is 307 g/mol. The van der Waals surface area contributed by atoms with Crippen molar-refractivity contribution >= 4 is 27.3 Å². The van der Waals surface area contributed by atoms with Crippen LogP contribution in [0.2, 0.25) is 0 Å². The number of rotatable bonds is 6. The molecule has 1 rings (SSSR count). The van der Waals surface area contributed by atoms with Crippen LogP contribution in [0.5, 0.6) is 0 Å². The molecule has 0 aliphatic rings. The lowest BCUT2D eigenvalue weighted by Gasteiger charge is -2.19. The van der Waals surface area contributed by atoms with E-state index >= 15 is 0 Å². The quantitative estimate of drug-likeness (QED) is 0.729. The predicted molar refractivity (Wildman–Crippen MR) is 72.0 cm³/mol. The molecule has 1 atom stereocenters. The molecule has 108 valence electrons. The lowest BCUT2D eigenvalue weighted by Crippen LogP contribution is -2.41. The molecule has 0 saturated heterocycles. The Labute approximate surface area is 116 Å². The molecule has 0 unspecified atom stereocenters. The Morgan fingerprint density at radius 2 is 2.05 bits per heavy atom. The Kier molecular flexibility index (Phi) is 5.08. The van der Waals surface area contributed by atoms with E-state index in [1.165, 1.54) is 0 Å². The molecule has 0 saturated carbocycles. The van der Waals surface area contributed by atoms with E-state index in [9.17, 15) is 13.2 Å². The molecule has 0 bridgehead atoms. The summed E-state index contributed by atoms with van der Waals surface area (Å²) in [6.07, 6.45) is 0. The first-order chi connectivity index (χ1) is 8.69. The summed E-state index contributed by atoms with van der Waals surface area (Å²) in [5, 5.41) is 18.0. The summed E-state index contributed by atoms with van der Waals surface area (Å²) < 4.78 is 26.7. The average molecular weight is 307 g/mol. The first kappa shape index (κ1) is 16.1. The molecule has 0 aromatic carbocycles. The van der Waals surface area contributed by atoms with Crippen LogP contribution in [-0.4, -0.2) is 37.2 Å². The summed E-state index contributed by atoms with van der Waals surface area (Å²) in [4.78, 5) is 11.2. The lowest BCUT2D eigenvalue weighted by atomic mass is 10.1. The van der Waals surface area contributed by atoms with Gasteiger partial charge >= 0.3 is 5.97 Å². The molecule has 0 aliphatic carbocycles. The highest BCUT2D eigenvalue weighted by molar-refractivity contribution is 7.89. The normalized spacial score (nSPS) is 13.7. The third kappa shape index (κ3) is 3.75. The largest absolute Gasteiger partial charge is 0.477 e. The van der Waals surface area contributed by atoms with Crippen molar-refractivity contribution in [3.05, 3.63) is 15.8 Å². The number of hydrogen-bond donors (Lipinski definition) is 3. The van der Waals surface area contributed by atoms with Gasteiger partial charge < -0.3 is 10.2 Å². The van der Waals surface area contributed by atoms with Gasteiger partial charge in [0, 0.05) is 10.9 Å². The molecule has 0 spiro atoms. The van der Waals surface area contributed by atoms with Crippen LogP contribution < -0.4 is 4.72 Å². The number of sulfonamides is 1. The molecule has 8 heteroatoms. The number of aromatic carboxylic acids is 1. The van der Waals surface area contributed by atoms with Crippen molar-refractivity contribution in [3.8, 4) is 0 Å². The third-order valence-electron chi connectivity index (χ3n) is 2.68. The standard InChI is InChI=1S/C11H17NO5S2/c1-6(2)8(5-13)12-19(16,17)10-4-9(11(14)15)18-7(10)3/h4,6,8,12-13H,5H2,1-3H3,(H,14,15)/t8-/m1/s1. The van der Waals surface area contributed by atoms with Gasteiger partial charge in [-0.2, -0.15) is 0 Å². The molecular weight excluding hydrogens is 290 g/mol. The molecule has 19 heavy (non-hydrogen) atoms. The van der Waals surface area contributed by atoms with Crippen molar-refractivity contribution < 1.29 is 23.4 Å². The number of aliphatic hydroxyl groups is 1. The molecule has 1 aromatic heterocycles. The minimum absolute atomic E-state index is 0.0250. The number of carboxylic acid groups (broad SMARTS) is 1.